The fourth-order valence-corrected chi connectivity index (χ4v) is 3.96. The van der Waals surface area contributed by atoms with Crippen LogP contribution in [0, 0.1) is 5.82 Å². The zero-order valence-corrected chi connectivity index (χ0v) is 14.9. The molecule has 0 saturated carbocycles. The molecule has 0 unspecified atom stereocenters. The Labute approximate surface area is 156 Å². The van der Waals surface area contributed by atoms with Crippen LogP contribution < -0.4 is 4.72 Å². The number of halogens is 1. The first-order valence-electron chi connectivity index (χ1n) is 8.26. The SMILES string of the molecule is O=S(=O)(Nc1ccccc1-c1ccc2ccccc2n1)c1cccc(F)c1. The molecule has 0 saturated heterocycles. The van der Waals surface area contributed by atoms with Gasteiger partial charge in [-0.15, -0.1) is 0 Å². The Morgan fingerprint density at radius 3 is 2.44 bits per heavy atom. The van der Waals surface area contributed by atoms with Crippen LogP contribution >= 0.6 is 0 Å². The molecular formula is C21H15FN2O2S. The molecule has 4 rings (SSSR count). The Kier molecular flexibility index (Phi) is 4.33. The van der Waals surface area contributed by atoms with Gasteiger partial charge >= 0.3 is 0 Å². The fourth-order valence-electron chi connectivity index (χ4n) is 2.85. The summed E-state index contributed by atoms with van der Waals surface area (Å²) in [4.78, 5) is 4.49. The maximum absolute atomic E-state index is 13.4. The molecule has 0 amide bonds. The fraction of sp³-hybridized carbons (Fsp3) is 0. The number of rotatable bonds is 4. The van der Waals surface area contributed by atoms with Crippen molar-refractivity contribution >= 4 is 26.6 Å². The molecule has 6 heteroatoms. The van der Waals surface area contributed by atoms with E-state index >= 15 is 0 Å². The van der Waals surface area contributed by atoms with E-state index in [1.165, 1.54) is 18.2 Å². The lowest BCUT2D eigenvalue weighted by Gasteiger charge is -2.13. The Morgan fingerprint density at radius 1 is 0.815 bits per heavy atom. The van der Waals surface area contributed by atoms with Gasteiger partial charge in [0.1, 0.15) is 5.82 Å². The van der Waals surface area contributed by atoms with Gasteiger partial charge in [0.15, 0.2) is 0 Å². The van der Waals surface area contributed by atoms with Crippen LogP contribution in [0.4, 0.5) is 10.1 Å². The third-order valence-electron chi connectivity index (χ3n) is 4.15. The molecule has 0 atom stereocenters. The molecule has 0 aliphatic carbocycles. The summed E-state index contributed by atoms with van der Waals surface area (Å²) in [5.41, 5.74) is 2.48. The summed E-state index contributed by atoms with van der Waals surface area (Å²) >= 11 is 0. The van der Waals surface area contributed by atoms with Crippen LogP contribution in [0.3, 0.4) is 0 Å². The van der Waals surface area contributed by atoms with Crippen LogP contribution in [-0.4, -0.2) is 13.4 Å². The largest absolute Gasteiger partial charge is 0.279 e. The van der Waals surface area contributed by atoms with E-state index in [0.717, 1.165) is 17.0 Å². The van der Waals surface area contributed by atoms with Crippen molar-refractivity contribution in [3.05, 3.63) is 90.7 Å². The number of aromatic nitrogens is 1. The highest BCUT2D eigenvalue weighted by molar-refractivity contribution is 7.92. The number of hydrogen-bond acceptors (Lipinski definition) is 3. The molecule has 0 radical (unpaired) electrons. The van der Waals surface area contributed by atoms with Gasteiger partial charge in [0.05, 0.1) is 21.8 Å². The number of benzene rings is 3. The van der Waals surface area contributed by atoms with Crippen molar-refractivity contribution in [2.75, 3.05) is 4.72 Å². The highest BCUT2D eigenvalue weighted by Gasteiger charge is 2.17. The highest BCUT2D eigenvalue weighted by Crippen LogP contribution is 2.29. The lowest BCUT2D eigenvalue weighted by Crippen LogP contribution is -2.13. The van der Waals surface area contributed by atoms with Crippen molar-refractivity contribution in [3.63, 3.8) is 0 Å². The number of hydrogen-bond donors (Lipinski definition) is 1. The molecule has 134 valence electrons. The molecule has 0 spiro atoms. The van der Waals surface area contributed by atoms with E-state index in [2.05, 4.69) is 9.71 Å². The molecule has 0 aliphatic heterocycles. The van der Waals surface area contributed by atoms with Gasteiger partial charge in [-0.05, 0) is 36.4 Å². The van der Waals surface area contributed by atoms with Crippen molar-refractivity contribution in [2.45, 2.75) is 4.90 Å². The molecule has 1 N–H and O–H groups in total. The zero-order chi connectivity index (χ0) is 18.9. The number of fused-ring (bicyclic) bond motifs is 1. The maximum Gasteiger partial charge on any atom is 0.262 e. The Morgan fingerprint density at radius 2 is 1.59 bits per heavy atom. The summed E-state index contributed by atoms with van der Waals surface area (Å²) in [6.45, 7) is 0. The lowest BCUT2D eigenvalue weighted by molar-refractivity contribution is 0.595. The highest BCUT2D eigenvalue weighted by atomic mass is 32.2. The van der Waals surface area contributed by atoms with E-state index in [0.29, 0.717) is 16.9 Å². The average molecular weight is 378 g/mol. The van der Waals surface area contributed by atoms with Crippen LogP contribution in [0.2, 0.25) is 0 Å². The van der Waals surface area contributed by atoms with Crippen molar-refractivity contribution in [1.29, 1.82) is 0 Å². The van der Waals surface area contributed by atoms with Gasteiger partial charge < -0.3 is 0 Å². The van der Waals surface area contributed by atoms with E-state index in [1.807, 2.05) is 42.5 Å². The van der Waals surface area contributed by atoms with Gasteiger partial charge in [0.2, 0.25) is 0 Å². The Balaban J connectivity index is 1.77. The molecule has 0 bridgehead atoms. The van der Waals surface area contributed by atoms with Crippen molar-refractivity contribution in [1.82, 2.24) is 4.98 Å². The second kappa shape index (κ2) is 6.81. The van der Waals surface area contributed by atoms with E-state index in [4.69, 9.17) is 0 Å². The van der Waals surface area contributed by atoms with Crippen molar-refractivity contribution in [3.8, 4) is 11.3 Å². The van der Waals surface area contributed by atoms with Crippen LogP contribution in [0.1, 0.15) is 0 Å². The average Bonchev–Trinajstić information content (AvgIpc) is 2.68. The summed E-state index contributed by atoms with van der Waals surface area (Å²) in [5.74, 6) is -0.609. The van der Waals surface area contributed by atoms with Gasteiger partial charge in [-0.3, -0.25) is 4.72 Å². The first kappa shape index (κ1) is 17.2. The van der Waals surface area contributed by atoms with Crippen LogP contribution in [0.25, 0.3) is 22.2 Å². The molecule has 4 nitrogen and oxygen atoms in total. The normalized spacial score (nSPS) is 11.4. The van der Waals surface area contributed by atoms with E-state index < -0.39 is 15.8 Å². The molecule has 27 heavy (non-hydrogen) atoms. The van der Waals surface area contributed by atoms with Crippen molar-refractivity contribution < 1.29 is 12.8 Å². The summed E-state index contributed by atoms with van der Waals surface area (Å²) in [6.07, 6.45) is 0. The van der Waals surface area contributed by atoms with Crippen LogP contribution in [-0.2, 0) is 10.0 Å². The number of nitrogens with one attached hydrogen (secondary N) is 1. The predicted octanol–water partition coefficient (Wildman–Crippen LogP) is 4.84. The first-order valence-corrected chi connectivity index (χ1v) is 9.75. The summed E-state index contributed by atoms with van der Waals surface area (Å²) in [6, 6.07) is 23.4. The Bertz CT molecular complexity index is 1240. The number of para-hydroxylation sites is 2. The summed E-state index contributed by atoms with van der Waals surface area (Å²) in [5, 5.41) is 0.999. The molecule has 0 aliphatic rings. The van der Waals surface area contributed by atoms with Gasteiger partial charge in [-0.2, -0.15) is 0 Å². The topological polar surface area (TPSA) is 59.1 Å². The maximum atomic E-state index is 13.4. The smallest absolute Gasteiger partial charge is 0.262 e. The second-order valence-electron chi connectivity index (χ2n) is 6.00. The zero-order valence-electron chi connectivity index (χ0n) is 14.1. The molecule has 3 aromatic carbocycles. The minimum atomic E-state index is -3.93. The Hall–Kier alpha value is -3.25. The minimum Gasteiger partial charge on any atom is -0.279 e. The molecule has 1 heterocycles. The predicted molar refractivity (Wildman–Crippen MR) is 104 cm³/mol. The van der Waals surface area contributed by atoms with Gasteiger partial charge in [-0.1, -0.05) is 48.5 Å². The molecule has 1 aromatic heterocycles. The molecular weight excluding hydrogens is 363 g/mol. The number of pyridine rings is 1. The van der Waals surface area contributed by atoms with Crippen LogP contribution in [0.5, 0.6) is 0 Å². The second-order valence-corrected chi connectivity index (χ2v) is 7.68. The lowest BCUT2D eigenvalue weighted by atomic mass is 10.1. The van der Waals surface area contributed by atoms with E-state index in [9.17, 15) is 12.8 Å². The summed E-state index contributed by atoms with van der Waals surface area (Å²) < 4.78 is 41.3. The number of sulfonamides is 1. The van der Waals surface area contributed by atoms with Crippen LogP contribution in [0.15, 0.2) is 89.8 Å². The number of anilines is 1. The van der Waals surface area contributed by atoms with Gasteiger partial charge in [-0.25, -0.2) is 17.8 Å². The number of nitrogens with zero attached hydrogens (tertiary/aromatic N) is 1. The minimum absolute atomic E-state index is 0.135. The quantitative estimate of drug-likeness (QED) is 0.553. The molecule has 4 aromatic rings. The summed E-state index contributed by atoms with van der Waals surface area (Å²) in [7, 11) is -3.93. The third-order valence-corrected chi connectivity index (χ3v) is 5.52. The van der Waals surface area contributed by atoms with E-state index in [-0.39, 0.29) is 4.90 Å². The van der Waals surface area contributed by atoms with E-state index in [1.54, 1.807) is 18.2 Å². The first-order chi connectivity index (χ1) is 13.0. The third kappa shape index (κ3) is 3.52. The standard InChI is InChI=1S/C21H15FN2O2S/c22-16-7-5-8-17(14-16)27(25,26)24-21-11-4-2-9-18(21)20-13-12-15-6-1-3-10-19(15)23-20/h1-14,24H. The monoisotopic (exact) mass is 378 g/mol. The van der Waals surface area contributed by atoms with Crippen molar-refractivity contribution in [2.24, 2.45) is 0 Å². The van der Waals surface area contributed by atoms with Gasteiger partial charge in [0.25, 0.3) is 10.0 Å². The van der Waals surface area contributed by atoms with Gasteiger partial charge in [0, 0.05) is 10.9 Å². The molecule has 0 fully saturated rings.